The average molecular weight is 568 g/mol. The van der Waals surface area contributed by atoms with Gasteiger partial charge in [0.05, 0.1) is 16.1 Å². The van der Waals surface area contributed by atoms with E-state index in [0.717, 1.165) is 36.3 Å². The molecule has 2 radical (unpaired) electrons. The molecule has 9 nitrogen and oxygen atoms in total. The topological polar surface area (TPSA) is 84.9 Å². The normalized spacial score (nSPS) is 23.1. The van der Waals surface area contributed by atoms with E-state index in [-0.39, 0.29) is 16.7 Å². The highest BCUT2D eigenvalue weighted by Crippen LogP contribution is 2.53. The monoisotopic (exact) mass is 567 g/mol. The molecule has 2 aromatic carbocycles. The Morgan fingerprint density at radius 3 is 2.78 bits per heavy atom. The lowest BCUT2D eigenvalue weighted by molar-refractivity contribution is -0.116. The fraction of sp³-hybridized carbons (Fsp3) is 0.333. The van der Waals surface area contributed by atoms with E-state index in [2.05, 4.69) is 41.0 Å². The van der Waals surface area contributed by atoms with Gasteiger partial charge in [-0.2, -0.15) is 4.98 Å². The van der Waals surface area contributed by atoms with E-state index in [4.69, 9.17) is 4.98 Å². The van der Waals surface area contributed by atoms with Crippen LogP contribution in [0.3, 0.4) is 0 Å². The van der Waals surface area contributed by atoms with E-state index in [1.165, 1.54) is 16.0 Å². The van der Waals surface area contributed by atoms with Crippen LogP contribution in [0.25, 0.3) is 0 Å². The molecular weight excluding hydrogens is 537 g/mol. The van der Waals surface area contributed by atoms with Crippen molar-refractivity contribution in [1.29, 1.82) is 0 Å². The lowest BCUT2D eigenvalue weighted by Crippen LogP contribution is -2.49. The Balaban J connectivity index is 1.12. The average Bonchev–Trinajstić information content (AvgIpc) is 3.69. The maximum absolute atomic E-state index is 13.8. The predicted octanol–water partition coefficient (Wildman–Crippen LogP) is 3.74. The maximum atomic E-state index is 13.8. The molecule has 208 valence electrons. The van der Waals surface area contributed by atoms with Gasteiger partial charge in [-0.05, 0) is 54.8 Å². The first-order valence-electron chi connectivity index (χ1n) is 13.8. The summed E-state index contributed by atoms with van der Waals surface area (Å²) in [6.07, 6.45) is 3.46. The number of carbonyl (C=O) groups is 2. The largest absolute Gasteiger partial charge is 0.325 e. The third-order valence-electron chi connectivity index (χ3n) is 8.67. The van der Waals surface area contributed by atoms with Crippen molar-refractivity contribution in [3.8, 4) is 0 Å². The van der Waals surface area contributed by atoms with Gasteiger partial charge < -0.3 is 20.0 Å². The molecule has 1 aromatic heterocycles. The van der Waals surface area contributed by atoms with Gasteiger partial charge in [0.15, 0.2) is 5.83 Å². The smallest absolute Gasteiger partial charge is 0.324 e. The number of para-hydroxylation sites is 1. The zero-order valence-corrected chi connectivity index (χ0v) is 24.0. The molecule has 0 bridgehead atoms. The van der Waals surface area contributed by atoms with Crippen LogP contribution in [-0.4, -0.2) is 74.1 Å². The molecule has 5 heterocycles. The van der Waals surface area contributed by atoms with E-state index in [1.54, 1.807) is 18.1 Å². The fourth-order valence-corrected chi connectivity index (χ4v) is 8.30. The Kier molecular flexibility index (Phi) is 5.98. The first-order chi connectivity index (χ1) is 19.7. The molecule has 0 saturated carbocycles. The van der Waals surface area contributed by atoms with Crippen LogP contribution in [0.1, 0.15) is 28.7 Å². The van der Waals surface area contributed by atoms with Crippen molar-refractivity contribution < 1.29 is 14.0 Å². The lowest BCUT2D eigenvalue weighted by atomic mass is 9.88. The summed E-state index contributed by atoms with van der Waals surface area (Å²) >= 11 is 0. The molecule has 11 heteroatoms. The number of halogens is 1. The van der Waals surface area contributed by atoms with Crippen LogP contribution in [0.4, 0.5) is 32.3 Å². The highest BCUT2D eigenvalue weighted by molar-refractivity contribution is 6.58. The van der Waals surface area contributed by atoms with E-state index in [0.29, 0.717) is 46.5 Å². The van der Waals surface area contributed by atoms with Crippen molar-refractivity contribution in [1.82, 2.24) is 19.8 Å². The first kappa shape index (κ1) is 25.8. The maximum Gasteiger partial charge on any atom is 0.325 e. The van der Waals surface area contributed by atoms with Gasteiger partial charge in [0.25, 0.3) is 5.91 Å². The summed E-state index contributed by atoms with van der Waals surface area (Å²) < 4.78 is 13.8. The molecule has 7 rings (SSSR count). The van der Waals surface area contributed by atoms with Crippen LogP contribution < -0.4 is 15.1 Å². The summed E-state index contributed by atoms with van der Waals surface area (Å²) in [4.78, 5) is 42.8. The molecule has 3 aromatic rings. The van der Waals surface area contributed by atoms with Crippen molar-refractivity contribution in [2.75, 3.05) is 42.3 Å². The van der Waals surface area contributed by atoms with Crippen LogP contribution in [0, 0.1) is 0 Å². The highest BCUT2D eigenvalue weighted by atomic mass is 28.2. The molecule has 4 aliphatic rings. The Labute approximate surface area is 240 Å². The number of nitrogens with one attached hydrogen (secondary N) is 1. The molecule has 1 N–H and O–H groups in total. The molecule has 41 heavy (non-hydrogen) atoms. The van der Waals surface area contributed by atoms with Gasteiger partial charge in [-0.15, -0.1) is 0 Å². The lowest BCUT2D eigenvalue weighted by Gasteiger charge is -2.39. The second-order valence-corrected chi connectivity index (χ2v) is 13.0. The summed E-state index contributed by atoms with van der Waals surface area (Å²) in [7, 11) is 4.36. The molecule has 1 fully saturated rings. The number of anilines is 4. The summed E-state index contributed by atoms with van der Waals surface area (Å²) in [5.41, 5.74) is 6.16. The van der Waals surface area contributed by atoms with Gasteiger partial charge in [0, 0.05) is 60.5 Å². The van der Waals surface area contributed by atoms with Crippen molar-refractivity contribution in [3.05, 3.63) is 83.3 Å². The van der Waals surface area contributed by atoms with Gasteiger partial charge in [-0.3, -0.25) is 9.69 Å². The highest BCUT2D eigenvalue weighted by Gasteiger charge is 2.63. The van der Waals surface area contributed by atoms with Crippen LogP contribution in [-0.2, 0) is 29.3 Å². The number of rotatable bonds is 4. The van der Waals surface area contributed by atoms with E-state index in [9.17, 15) is 14.0 Å². The summed E-state index contributed by atoms with van der Waals surface area (Å²) in [5.74, 6) is -0.623. The van der Waals surface area contributed by atoms with Crippen molar-refractivity contribution in [2.45, 2.75) is 36.6 Å². The summed E-state index contributed by atoms with van der Waals surface area (Å²) in [5, 5.41) is 3.08. The van der Waals surface area contributed by atoms with E-state index >= 15 is 0 Å². The first-order valence-corrected chi connectivity index (χ1v) is 14.8. The number of urea groups is 1. The number of hydrogen-bond donors (Lipinski definition) is 1. The van der Waals surface area contributed by atoms with Crippen LogP contribution in [0.2, 0.25) is 0 Å². The molecule has 0 aliphatic carbocycles. The summed E-state index contributed by atoms with van der Waals surface area (Å²) in [6.45, 7) is 5.98. The van der Waals surface area contributed by atoms with Gasteiger partial charge in [0.2, 0.25) is 5.95 Å². The van der Waals surface area contributed by atoms with Crippen molar-refractivity contribution in [2.24, 2.45) is 0 Å². The minimum atomic E-state index is -0.969. The number of likely N-dealkylation sites (N-methyl/N-ethyl adjacent to an activating group) is 1. The second-order valence-electron chi connectivity index (χ2n) is 11.3. The standard InChI is InChI=1S/C30H30FN7O2Si/c1-18(31)26(39)37-13-11-30(23-6-4-5-7-24(23)37)27(41-30)38-17-21-15-32-28(34-25(21)36(3)29(38)40)33-22-9-8-20-16-35(2)12-10-19(20)14-22/h4-9,14-15,27H,1,10-13,16-17H2,2-3H3,(H,32,33,34)/t27?,30-/m0/s1. The Hall–Kier alpha value is -4.09. The molecular formula is C30H30FN7O2Si. The number of fused-ring (bicyclic) bond motifs is 4. The number of benzene rings is 2. The van der Waals surface area contributed by atoms with Crippen LogP contribution in [0.5, 0.6) is 0 Å². The van der Waals surface area contributed by atoms with Crippen molar-refractivity contribution >= 4 is 44.6 Å². The zero-order chi connectivity index (χ0) is 28.5. The van der Waals surface area contributed by atoms with Crippen LogP contribution >= 0.6 is 0 Å². The van der Waals surface area contributed by atoms with E-state index in [1.807, 2.05) is 35.2 Å². The van der Waals surface area contributed by atoms with E-state index < -0.39 is 11.7 Å². The molecule has 1 unspecified atom stereocenters. The number of carbonyl (C=O) groups excluding carboxylic acids is 2. The Morgan fingerprint density at radius 2 is 1.95 bits per heavy atom. The molecule has 1 saturated heterocycles. The number of hydrogen-bond acceptors (Lipinski definition) is 6. The zero-order valence-electron chi connectivity index (χ0n) is 23.0. The van der Waals surface area contributed by atoms with Gasteiger partial charge in [0.1, 0.15) is 5.82 Å². The van der Waals surface area contributed by atoms with Gasteiger partial charge >= 0.3 is 6.03 Å². The minimum absolute atomic E-state index is 0.00933. The SMILES string of the molecule is C=C(F)C(=O)N1CC[C@]2([Si]C2N2Cc3cnc(Nc4ccc5c(c4)CCN(C)C5)nc3N(C)C2=O)c2ccccc21. The number of amides is 3. The molecule has 2 atom stereocenters. The second kappa shape index (κ2) is 9.49. The van der Waals surface area contributed by atoms with Crippen molar-refractivity contribution in [3.63, 3.8) is 0 Å². The van der Waals surface area contributed by atoms with Gasteiger partial charge in [-0.1, -0.05) is 30.8 Å². The number of nitrogens with zero attached hydrogens (tertiary/aromatic N) is 6. The van der Waals surface area contributed by atoms with Gasteiger partial charge in [-0.25, -0.2) is 14.2 Å². The molecule has 4 aliphatic heterocycles. The van der Waals surface area contributed by atoms with Crippen LogP contribution in [0.15, 0.2) is 61.1 Å². The Morgan fingerprint density at radius 1 is 1.12 bits per heavy atom. The minimum Gasteiger partial charge on any atom is -0.324 e. The fourth-order valence-electron chi connectivity index (χ4n) is 6.46. The molecule has 3 amide bonds. The third kappa shape index (κ3) is 4.22. The summed E-state index contributed by atoms with van der Waals surface area (Å²) in [6, 6.07) is 13.9. The molecule has 1 spiro atoms. The number of aromatic nitrogens is 2. The third-order valence-corrected chi connectivity index (χ3v) is 10.7. The quantitative estimate of drug-likeness (QED) is 0.382. The predicted molar refractivity (Wildman–Crippen MR) is 156 cm³/mol. The Bertz CT molecular complexity index is 1620.